The highest BCUT2D eigenvalue weighted by Gasteiger charge is 2.50. The molecule has 24 heavy (non-hydrogen) atoms. The van der Waals surface area contributed by atoms with Gasteiger partial charge in [-0.2, -0.15) is 0 Å². The van der Waals surface area contributed by atoms with Crippen molar-refractivity contribution in [2.75, 3.05) is 13.2 Å². The summed E-state index contributed by atoms with van der Waals surface area (Å²) in [6, 6.07) is 0. The molecule has 134 valence electrons. The lowest BCUT2D eigenvalue weighted by molar-refractivity contribution is -0.303. The Hall–Kier alpha value is -2.15. The van der Waals surface area contributed by atoms with Crippen LogP contribution in [-0.2, 0) is 38.1 Å². The number of esters is 3. The number of hydrogen-bond donors (Lipinski definition) is 1. The van der Waals surface area contributed by atoms with Gasteiger partial charge in [0.1, 0.15) is 25.4 Å². The van der Waals surface area contributed by atoms with Gasteiger partial charge >= 0.3 is 17.9 Å². The van der Waals surface area contributed by atoms with Crippen molar-refractivity contribution in [3.8, 4) is 12.3 Å². The van der Waals surface area contributed by atoms with Crippen molar-refractivity contribution in [3.63, 3.8) is 0 Å². The van der Waals surface area contributed by atoms with Gasteiger partial charge in [-0.3, -0.25) is 14.4 Å². The van der Waals surface area contributed by atoms with Gasteiger partial charge in [0.05, 0.1) is 0 Å². The Morgan fingerprint density at radius 3 is 2.17 bits per heavy atom. The predicted octanol–water partition coefficient (Wildman–Crippen LogP) is -0.851. The zero-order valence-electron chi connectivity index (χ0n) is 13.6. The summed E-state index contributed by atoms with van der Waals surface area (Å²) in [5, 5.41) is 10.3. The van der Waals surface area contributed by atoms with Crippen LogP contribution < -0.4 is 0 Å². The monoisotopic (exact) mass is 344 g/mol. The Bertz CT molecular complexity index is 510. The number of carbonyl (C=O) groups excluding carboxylic acids is 3. The molecule has 0 bridgehead atoms. The molecule has 1 aliphatic rings. The first-order valence-electron chi connectivity index (χ1n) is 7.12. The number of hydrogen-bond acceptors (Lipinski definition) is 9. The van der Waals surface area contributed by atoms with Crippen LogP contribution in [0.5, 0.6) is 0 Å². The van der Waals surface area contributed by atoms with Gasteiger partial charge in [0.25, 0.3) is 0 Å². The smallest absolute Gasteiger partial charge is 0.303 e. The summed E-state index contributed by atoms with van der Waals surface area (Å²) in [6.45, 7) is 2.97. The highest BCUT2D eigenvalue weighted by Crippen LogP contribution is 2.27. The molecule has 0 radical (unpaired) electrons. The molecule has 1 aliphatic heterocycles. The van der Waals surface area contributed by atoms with Crippen LogP contribution >= 0.6 is 0 Å². The fourth-order valence-electron chi connectivity index (χ4n) is 2.14. The summed E-state index contributed by atoms with van der Waals surface area (Å²) in [4.78, 5) is 33.6. The summed E-state index contributed by atoms with van der Waals surface area (Å²) in [5.74, 6) is 0.235. The second-order valence-electron chi connectivity index (χ2n) is 5.00. The summed E-state index contributed by atoms with van der Waals surface area (Å²) in [5.41, 5.74) is 0. The molecule has 0 aromatic heterocycles. The van der Waals surface area contributed by atoms with Gasteiger partial charge in [0, 0.05) is 20.8 Å². The maximum atomic E-state index is 11.3. The van der Waals surface area contributed by atoms with Crippen molar-refractivity contribution in [1.29, 1.82) is 0 Å². The topological polar surface area (TPSA) is 118 Å². The number of carbonyl (C=O) groups is 3. The van der Waals surface area contributed by atoms with Crippen LogP contribution in [0.2, 0.25) is 0 Å². The van der Waals surface area contributed by atoms with E-state index in [4.69, 9.17) is 30.1 Å². The Balaban J connectivity index is 3.02. The number of aliphatic hydroxyl groups is 1. The molecule has 5 atom stereocenters. The molecule has 0 aliphatic carbocycles. The van der Waals surface area contributed by atoms with E-state index in [9.17, 15) is 19.5 Å². The van der Waals surface area contributed by atoms with Crippen molar-refractivity contribution >= 4 is 17.9 Å². The lowest BCUT2D eigenvalue weighted by Gasteiger charge is -2.42. The molecular formula is C15H20O9. The standard InChI is InChI=1S/C15H20O9/c1-5-6-20-15-14(23-10(4)18)13(22-9(3)17)12(19)11(24-15)7-21-8(2)16/h1,11-15,19H,6-7H2,2-4H3. The average molecular weight is 344 g/mol. The van der Waals surface area contributed by atoms with Crippen LogP contribution in [-0.4, -0.2) is 66.9 Å². The third-order valence-corrected chi connectivity index (χ3v) is 3.00. The second kappa shape index (κ2) is 9.22. The first kappa shape index (κ1) is 19.9. The molecule has 0 spiro atoms. The Kier molecular flexibility index (Phi) is 7.64. The van der Waals surface area contributed by atoms with Crippen LogP contribution in [0, 0.1) is 12.3 Å². The quantitative estimate of drug-likeness (QED) is 0.373. The molecular weight excluding hydrogens is 324 g/mol. The van der Waals surface area contributed by atoms with E-state index in [1.807, 2.05) is 0 Å². The molecule has 9 nitrogen and oxygen atoms in total. The van der Waals surface area contributed by atoms with E-state index < -0.39 is 48.6 Å². The second-order valence-corrected chi connectivity index (χ2v) is 5.00. The van der Waals surface area contributed by atoms with Gasteiger partial charge in [-0.15, -0.1) is 6.42 Å². The fourth-order valence-corrected chi connectivity index (χ4v) is 2.14. The Labute approximate surface area is 139 Å². The molecule has 0 aromatic rings. The molecule has 0 amide bonds. The van der Waals surface area contributed by atoms with E-state index in [2.05, 4.69) is 5.92 Å². The minimum atomic E-state index is -1.41. The predicted molar refractivity (Wildman–Crippen MR) is 77.2 cm³/mol. The van der Waals surface area contributed by atoms with Crippen molar-refractivity contribution in [3.05, 3.63) is 0 Å². The van der Waals surface area contributed by atoms with Crippen LogP contribution in [0.25, 0.3) is 0 Å². The lowest BCUT2D eigenvalue weighted by Crippen LogP contribution is -2.61. The molecule has 0 saturated carbocycles. The van der Waals surface area contributed by atoms with Crippen LogP contribution in [0.1, 0.15) is 20.8 Å². The minimum absolute atomic E-state index is 0.175. The van der Waals surface area contributed by atoms with Crippen LogP contribution in [0.15, 0.2) is 0 Å². The van der Waals surface area contributed by atoms with E-state index in [0.29, 0.717) is 0 Å². The molecule has 0 aromatic carbocycles. The van der Waals surface area contributed by atoms with Gasteiger partial charge in [0.2, 0.25) is 0 Å². The molecule has 1 N–H and O–H groups in total. The SMILES string of the molecule is C#CCOC1OC(COC(C)=O)C(O)C(OC(C)=O)C1OC(C)=O. The molecule has 1 fully saturated rings. The summed E-state index contributed by atoms with van der Waals surface area (Å²) >= 11 is 0. The Morgan fingerprint density at radius 2 is 1.67 bits per heavy atom. The molecule has 5 unspecified atom stereocenters. The molecule has 1 rings (SSSR count). The lowest BCUT2D eigenvalue weighted by atomic mass is 9.98. The van der Waals surface area contributed by atoms with Crippen molar-refractivity contribution < 1.29 is 43.2 Å². The first-order chi connectivity index (χ1) is 11.3. The van der Waals surface area contributed by atoms with Crippen molar-refractivity contribution in [1.82, 2.24) is 0 Å². The van der Waals surface area contributed by atoms with Gasteiger partial charge in [0.15, 0.2) is 18.5 Å². The van der Waals surface area contributed by atoms with Gasteiger partial charge in [-0.25, -0.2) is 0 Å². The van der Waals surface area contributed by atoms with E-state index in [-0.39, 0.29) is 13.2 Å². The maximum Gasteiger partial charge on any atom is 0.303 e. The number of ether oxygens (including phenoxy) is 5. The molecule has 9 heteroatoms. The minimum Gasteiger partial charge on any atom is -0.463 e. The van der Waals surface area contributed by atoms with Gasteiger partial charge in [-0.1, -0.05) is 5.92 Å². The fraction of sp³-hybridized carbons (Fsp3) is 0.667. The highest BCUT2D eigenvalue weighted by molar-refractivity contribution is 5.67. The number of terminal acetylenes is 1. The maximum absolute atomic E-state index is 11.3. The first-order valence-corrected chi connectivity index (χ1v) is 7.12. The van der Waals surface area contributed by atoms with Gasteiger partial charge < -0.3 is 28.8 Å². The van der Waals surface area contributed by atoms with Crippen LogP contribution in [0.3, 0.4) is 0 Å². The molecule has 1 heterocycles. The molecule has 1 saturated heterocycles. The third kappa shape index (κ3) is 5.81. The summed E-state index contributed by atoms with van der Waals surface area (Å²) in [6.07, 6.45) is -1.07. The van der Waals surface area contributed by atoms with E-state index in [1.165, 1.54) is 6.92 Å². The van der Waals surface area contributed by atoms with Crippen molar-refractivity contribution in [2.24, 2.45) is 0 Å². The summed E-state index contributed by atoms with van der Waals surface area (Å²) in [7, 11) is 0. The number of rotatable bonds is 6. The average Bonchev–Trinajstić information content (AvgIpc) is 2.48. The normalized spacial score (nSPS) is 29.2. The van der Waals surface area contributed by atoms with E-state index in [1.54, 1.807) is 0 Å². The highest BCUT2D eigenvalue weighted by atomic mass is 16.7. The zero-order valence-corrected chi connectivity index (χ0v) is 13.6. The zero-order chi connectivity index (χ0) is 18.3. The third-order valence-electron chi connectivity index (χ3n) is 3.00. The van der Waals surface area contributed by atoms with E-state index in [0.717, 1.165) is 13.8 Å². The number of aliphatic hydroxyl groups excluding tert-OH is 1. The summed E-state index contributed by atoms with van der Waals surface area (Å²) < 4.78 is 25.6. The van der Waals surface area contributed by atoms with Gasteiger partial charge in [-0.05, 0) is 0 Å². The largest absolute Gasteiger partial charge is 0.463 e. The van der Waals surface area contributed by atoms with Crippen LogP contribution in [0.4, 0.5) is 0 Å². The van der Waals surface area contributed by atoms with Crippen molar-refractivity contribution in [2.45, 2.75) is 51.5 Å². The Morgan fingerprint density at radius 1 is 1.08 bits per heavy atom. The van der Waals surface area contributed by atoms with E-state index >= 15 is 0 Å².